The maximum Gasteiger partial charge on any atom is 0.0880 e. The molecule has 0 amide bonds. The van der Waals surface area contributed by atoms with Gasteiger partial charge in [0.25, 0.3) is 0 Å². The smallest absolute Gasteiger partial charge is 0.0880 e. The molecule has 1 rings (SSSR count). The van der Waals surface area contributed by atoms with Gasteiger partial charge < -0.3 is 5.11 Å². The number of rotatable bonds is 3. The van der Waals surface area contributed by atoms with Gasteiger partial charge in [-0.1, -0.05) is 18.2 Å². The minimum absolute atomic E-state index is 0.513. The molecule has 0 aliphatic carbocycles. The molecular formula is C9H12N2O. The number of nitrogens with one attached hydrogen (secondary N) is 1. The molecule has 0 aliphatic rings. The van der Waals surface area contributed by atoms with E-state index in [-0.39, 0.29) is 0 Å². The van der Waals surface area contributed by atoms with Gasteiger partial charge in [-0.25, -0.2) is 0 Å². The highest BCUT2D eigenvalue weighted by Gasteiger charge is 1.86. The van der Waals surface area contributed by atoms with Crippen molar-refractivity contribution in [2.75, 3.05) is 5.43 Å². The number of hydrogen-bond acceptors (Lipinski definition) is 3. The van der Waals surface area contributed by atoms with E-state index >= 15 is 0 Å². The average Bonchev–Trinajstić information content (AvgIpc) is 2.05. The van der Waals surface area contributed by atoms with E-state index in [1.54, 1.807) is 6.92 Å². The van der Waals surface area contributed by atoms with Gasteiger partial charge >= 0.3 is 0 Å². The molecule has 12 heavy (non-hydrogen) atoms. The second-order valence-corrected chi connectivity index (χ2v) is 2.50. The van der Waals surface area contributed by atoms with Gasteiger partial charge in [0.2, 0.25) is 0 Å². The lowest BCUT2D eigenvalue weighted by Crippen LogP contribution is -2.02. The molecule has 64 valence electrons. The molecule has 2 N–H and O–H groups in total. The average molecular weight is 164 g/mol. The van der Waals surface area contributed by atoms with Crippen LogP contribution in [0.5, 0.6) is 0 Å². The Kier molecular flexibility index (Phi) is 3.29. The molecule has 1 atom stereocenters. The van der Waals surface area contributed by atoms with Crippen LogP contribution in [-0.4, -0.2) is 17.4 Å². The normalized spacial score (nSPS) is 13.2. The van der Waals surface area contributed by atoms with Crippen molar-refractivity contribution in [2.45, 2.75) is 13.0 Å². The lowest BCUT2D eigenvalue weighted by atomic mass is 10.3. The summed E-state index contributed by atoms with van der Waals surface area (Å²) < 4.78 is 0. The SMILES string of the molecule is C[C@@H](O)/C=N/Nc1ccccc1. The molecule has 0 heterocycles. The molecule has 0 aromatic heterocycles. The van der Waals surface area contributed by atoms with Crippen LogP contribution < -0.4 is 5.43 Å². The third-order valence-corrected chi connectivity index (χ3v) is 1.26. The summed E-state index contributed by atoms with van der Waals surface area (Å²) >= 11 is 0. The lowest BCUT2D eigenvalue weighted by molar-refractivity contribution is 0.267. The molecule has 1 aromatic carbocycles. The van der Waals surface area contributed by atoms with E-state index in [1.807, 2.05) is 30.3 Å². The molecule has 0 unspecified atom stereocenters. The summed E-state index contributed by atoms with van der Waals surface area (Å²) in [5.41, 5.74) is 3.70. The second kappa shape index (κ2) is 4.51. The first kappa shape index (κ1) is 8.74. The molecule has 0 saturated carbocycles. The third kappa shape index (κ3) is 3.16. The van der Waals surface area contributed by atoms with Crippen molar-refractivity contribution < 1.29 is 5.11 Å². The number of nitrogens with zero attached hydrogens (tertiary/aromatic N) is 1. The Morgan fingerprint density at radius 2 is 2.08 bits per heavy atom. The van der Waals surface area contributed by atoms with Gasteiger partial charge in [-0.3, -0.25) is 5.43 Å². The fourth-order valence-electron chi connectivity index (χ4n) is 0.732. The summed E-state index contributed by atoms with van der Waals surface area (Å²) in [5, 5.41) is 12.7. The highest BCUT2D eigenvalue weighted by atomic mass is 16.3. The van der Waals surface area contributed by atoms with Gasteiger partial charge in [0, 0.05) is 0 Å². The minimum atomic E-state index is -0.513. The van der Waals surface area contributed by atoms with Crippen molar-refractivity contribution in [1.82, 2.24) is 0 Å². The van der Waals surface area contributed by atoms with Crippen LogP contribution in [-0.2, 0) is 0 Å². The lowest BCUT2D eigenvalue weighted by Gasteiger charge is -1.98. The number of para-hydroxylation sites is 1. The summed E-state index contributed by atoms with van der Waals surface area (Å²) in [6.07, 6.45) is 0.925. The summed E-state index contributed by atoms with van der Waals surface area (Å²) in [7, 11) is 0. The van der Waals surface area contributed by atoms with E-state index in [4.69, 9.17) is 5.11 Å². The zero-order chi connectivity index (χ0) is 8.81. The molecule has 0 saturated heterocycles. The fraction of sp³-hybridized carbons (Fsp3) is 0.222. The quantitative estimate of drug-likeness (QED) is 0.524. The van der Waals surface area contributed by atoms with E-state index in [0.29, 0.717) is 0 Å². The molecule has 3 heteroatoms. The predicted molar refractivity (Wildman–Crippen MR) is 50.2 cm³/mol. The van der Waals surface area contributed by atoms with Crippen LogP contribution in [0.2, 0.25) is 0 Å². The standard InChI is InChI=1S/C9H12N2O/c1-8(12)7-10-11-9-5-3-2-4-6-9/h2-8,11-12H,1H3/b10-7+/t8-/m1/s1. The zero-order valence-corrected chi connectivity index (χ0v) is 6.94. The summed E-state index contributed by atoms with van der Waals surface area (Å²) in [4.78, 5) is 0. The van der Waals surface area contributed by atoms with Crippen LogP contribution in [0.3, 0.4) is 0 Å². The number of aliphatic hydroxyl groups excluding tert-OH is 1. The van der Waals surface area contributed by atoms with Gasteiger partial charge in [0.05, 0.1) is 18.0 Å². The molecule has 0 fully saturated rings. The monoisotopic (exact) mass is 164 g/mol. The number of anilines is 1. The Balaban J connectivity index is 2.43. The first-order chi connectivity index (χ1) is 5.79. The number of aliphatic hydroxyl groups is 1. The molecular weight excluding hydrogens is 152 g/mol. The Morgan fingerprint density at radius 3 is 2.67 bits per heavy atom. The zero-order valence-electron chi connectivity index (χ0n) is 6.94. The Morgan fingerprint density at radius 1 is 1.42 bits per heavy atom. The Labute approximate surface area is 71.7 Å². The van der Waals surface area contributed by atoms with Crippen LogP contribution in [0.15, 0.2) is 35.4 Å². The maximum atomic E-state index is 8.84. The van der Waals surface area contributed by atoms with E-state index in [0.717, 1.165) is 5.69 Å². The van der Waals surface area contributed by atoms with Crippen molar-refractivity contribution >= 4 is 11.9 Å². The van der Waals surface area contributed by atoms with Crippen LogP contribution >= 0.6 is 0 Å². The molecule has 0 spiro atoms. The number of hydrazone groups is 1. The first-order valence-corrected chi connectivity index (χ1v) is 3.81. The van der Waals surface area contributed by atoms with E-state index in [1.165, 1.54) is 6.21 Å². The van der Waals surface area contributed by atoms with Crippen molar-refractivity contribution in [1.29, 1.82) is 0 Å². The minimum Gasteiger partial charge on any atom is -0.388 e. The van der Waals surface area contributed by atoms with Gasteiger partial charge in [-0.05, 0) is 19.1 Å². The van der Waals surface area contributed by atoms with Crippen LogP contribution in [0, 0.1) is 0 Å². The molecule has 0 bridgehead atoms. The summed E-state index contributed by atoms with van der Waals surface area (Å²) in [5.74, 6) is 0. The fourth-order valence-corrected chi connectivity index (χ4v) is 0.732. The topological polar surface area (TPSA) is 44.6 Å². The molecule has 1 aromatic rings. The largest absolute Gasteiger partial charge is 0.388 e. The molecule has 0 radical (unpaired) electrons. The van der Waals surface area contributed by atoms with Crippen LogP contribution in [0.25, 0.3) is 0 Å². The first-order valence-electron chi connectivity index (χ1n) is 3.81. The summed E-state index contributed by atoms with van der Waals surface area (Å²) in [6, 6.07) is 9.57. The van der Waals surface area contributed by atoms with E-state index in [2.05, 4.69) is 10.5 Å². The highest BCUT2D eigenvalue weighted by Crippen LogP contribution is 2.03. The maximum absolute atomic E-state index is 8.84. The van der Waals surface area contributed by atoms with Crippen molar-refractivity contribution in [3.05, 3.63) is 30.3 Å². The highest BCUT2D eigenvalue weighted by molar-refractivity contribution is 5.63. The van der Waals surface area contributed by atoms with Crippen molar-refractivity contribution in [2.24, 2.45) is 5.10 Å². The molecule has 3 nitrogen and oxygen atoms in total. The van der Waals surface area contributed by atoms with Crippen LogP contribution in [0.4, 0.5) is 5.69 Å². The number of benzene rings is 1. The van der Waals surface area contributed by atoms with Gasteiger partial charge in [-0.2, -0.15) is 5.10 Å². The predicted octanol–water partition coefficient (Wildman–Crippen LogP) is 1.47. The Bertz CT molecular complexity index is 244. The van der Waals surface area contributed by atoms with E-state index in [9.17, 15) is 0 Å². The molecule has 0 aliphatic heterocycles. The third-order valence-electron chi connectivity index (χ3n) is 1.26. The van der Waals surface area contributed by atoms with Gasteiger partial charge in [0.1, 0.15) is 0 Å². The van der Waals surface area contributed by atoms with Crippen molar-refractivity contribution in [3.63, 3.8) is 0 Å². The summed E-state index contributed by atoms with van der Waals surface area (Å²) in [6.45, 7) is 1.65. The van der Waals surface area contributed by atoms with Gasteiger partial charge in [0.15, 0.2) is 0 Å². The second-order valence-electron chi connectivity index (χ2n) is 2.50. The van der Waals surface area contributed by atoms with E-state index < -0.39 is 6.10 Å². The van der Waals surface area contributed by atoms with Gasteiger partial charge in [-0.15, -0.1) is 0 Å². The Hall–Kier alpha value is -1.35. The van der Waals surface area contributed by atoms with Crippen LogP contribution in [0.1, 0.15) is 6.92 Å². The number of hydrogen-bond donors (Lipinski definition) is 2. The van der Waals surface area contributed by atoms with Crippen molar-refractivity contribution in [3.8, 4) is 0 Å².